The molecule has 2 aromatic carbocycles. The Hall–Kier alpha value is -3.42. The van der Waals surface area contributed by atoms with Gasteiger partial charge in [0.1, 0.15) is 30.0 Å². The van der Waals surface area contributed by atoms with E-state index in [0.717, 1.165) is 42.8 Å². The van der Waals surface area contributed by atoms with Crippen LogP contribution in [-0.2, 0) is 10.4 Å². The minimum absolute atomic E-state index is 0.166. The van der Waals surface area contributed by atoms with Crippen molar-refractivity contribution in [3.63, 3.8) is 0 Å². The lowest BCUT2D eigenvalue weighted by Gasteiger charge is -2.37. The predicted octanol–water partition coefficient (Wildman–Crippen LogP) is 3.50. The Balaban J connectivity index is 1.31. The molecular weight excluding hydrogens is 447 g/mol. The Bertz CT molecular complexity index is 1180. The van der Waals surface area contributed by atoms with Crippen LogP contribution in [0.3, 0.4) is 0 Å². The summed E-state index contributed by atoms with van der Waals surface area (Å²) < 4.78 is 18.4. The van der Waals surface area contributed by atoms with Crippen LogP contribution in [0, 0.1) is 5.92 Å². The number of rotatable bonds is 8. The summed E-state index contributed by atoms with van der Waals surface area (Å²) >= 11 is 0. The molecule has 0 saturated carbocycles. The van der Waals surface area contributed by atoms with Crippen LogP contribution in [0.25, 0.3) is 0 Å². The number of nitrogens with zero attached hydrogens (tertiary/aromatic N) is 2. The number of halogens is 1. The van der Waals surface area contributed by atoms with Gasteiger partial charge in [-0.25, -0.2) is 0 Å². The molecule has 0 spiro atoms. The first-order valence-electron chi connectivity index (χ1n) is 11.8. The number of carbonyl (C=O) groups excluding carboxylic acids is 1. The molecule has 0 bridgehead atoms. The molecule has 2 heterocycles. The minimum atomic E-state index is -1.33. The number of benzene rings is 2. The zero-order valence-corrected chi connectivity index (χ0v) is 19.6. The average Bonchev–Trinajstić information content (AvgIpc) is 3.12. The number of alkyl halides is 1. The number of aromatic hydroxyl groups is 1. The molecule has 6 nitrogen and oxygen atoms in total. The van der Waals surface area contributed by atoms with Gasteiger partial charge in [-0.3, -0.25) is 14.1 Å². The van der Waals surface area contributed by atoms with Gasteiger partial charge in [0, 0.05) is 49.4 Å². The molecule has 2 N–H and O–H groups in total. The Labute approximate surface area is 204 Å². The van der Waals surface area contributed by atoms with Gasteiger partial charge in [0.15, 0.2) is 0 Å². The third-order valence-corrected chi connectivity index (χ3v) is 7.09. The maximum Gasteiger partial charge on any atom is 0.149 e. The highest BCUT2D eigenvalue weighted by Crippen LogP contribution is 2.46. The zero-order chi connectivity index (χ0) is 24.6. The van der Waals surface area contributed by atoms with Gasteiger partial charge in [0.2, 0.25) is 0 Å². The molecule has 182 valence electrons. The van der Waals surface area contributed by atoms with Crippen LogP contribution >= 0.6 is 0 Å². The fraction of sp³-hybridized carbons (Fsp3) is 0.321. The summed E-state index contributed by atoms with van der Waals surface area (Å²) in [6.45, 7) is 2.61. The number of carbonyl (C=O) groups is 1. The van der Waals surface area contributed by atoms with Crippen molar-refractivity contribution in [3.8, 4) is 11.5 Å². The Morgan fingerprint density at radius 1 is 1.14 bits per heavy atom. The smallest absolute Gasteiger partial charge is 0.149 e. The van der Waals surface area contributed by atoms with Crippen LogP contribution in [0.1, 0.15) is 17.2 Å². The summed E-state index contributed by atoms with van der Waals surface area (Å²) in [7, 11) is 1.89. The predicted molar refractivity (Wildman–Crippen MR) is 131 cm³/mol. The van der Waals surface area contributed by atoms with Crippen molar-refractivity contribution in [1.82, 2.24) is 9.80 Å². The minimum Gasteiger partial charge on any atom is -0.508 e. The number of likely N-dealkylation sites (tertiary alicyclic amines) is 1. The van der Waals surface area contributed by atoms with E-state index in [1.165, 1.54) is 0 Å². The summed E-state index contributed by atoms with van der Waals surface area (Å²) in [5.74, 6) is 1.04. The maximum absolute atomic E-state index is 12.5. The van der Waals surface area contributed by atoms with Crippen LogP contribution in [0.5, 0.6) is 11.5 Å². The quantitative estimate of drug-likeness (QED) is 0.569. The van der Waals surface area contributed by atoms with Crippen molar-refractivity contribution in [2.45, 2.75) is 11.6 Å². The fourth-order valence-electron chi connectivity index (χ4n) is 5.10. The Morgan fingerprint density at radius 2 is 1.86 bits per heavy atom. The van der Waals surface area contributed by atoms with Gasteiger partial charge in [-0.2, -0.15) is 0 Å². The fourth-order valence-corrected chi connectivity index (χ4v) is 5.10. The van der Waals surface area contributed by atoms with E-state index in [2.05, 4.69) is 4.90 Å². The highest BCUT2D eigenvalue weighted by Gasteiger charge is 2.39. The van der Waals surface area contributed by atoms with Gasteiger partial charge >= 0.3 is 0 Å². The lowest BCUT2D eigenvalue weighted by Crippen LogP contribution is -2.49. The van der Waals surface area contributed by atoms with E-state index >= 15 is 0 Å². The van der Waals surface area contributed by atoms with E-state index in [9.17, 15) is 19.4 Å². The molecule has 7 heteroatoms. The third-order valence-electron chi connectivity index (χ3n) is 7.09. The number of ether oxygens (including phenoxy) is 1. The SMILES string of the molecule is CN1C2=CC(O)(c3ccc(OCCN4CC(CF)C4)cc3)C=CC2=C(C=O)C1c1ccc(O)cc1. The maximum atomic E-state index is 12.5. The number of allylic oxidation sites excluding steroid dienone is 1. The summed E-state index contributed by atoms with van der Waals surface area (Å²) in [6, 6.07) is 13.8. The van der Waals surface area contributed by atoms with Crippen LogP contribution in [0.2, 0.25) is 0 Å². The standard InChI is InChI=1S/C28H29FN2O4/c1-30-26-14-28(34,11-10-24(26)25(18-32)27(30)20-2-6-22(33)7-3-20)21-4-8-23(9-5-21)35-13-12-31-16-19(15-29)17-31/h2-11,14,18-19,27,33-34H,12-13,15-17H2,1H3. The van der Waals surface area contributed by atoms with Gasteiger partial charge in [-0.1, -0.05) is 30.3 Å². The van der Waals surface area contributed by atoms with Gasteiger partial charge in [-0.15, -0.1) is 0 Å². The molecule has 2 unspecified atom stereocenters. The molecule has 35 heavy (non-hydrogen) atoms. The lowest BCUT2D eigenvalue weighted by atomic mass is 9.86. The van der Waals surface area contributed by atoms with Gasteiger partial charge in [-0.05, 0) is 47.5 Å². The van der Waals surface area contributed by atoms with E-state index in [1.807, 2.05) is 36.2 Å². The van der Waals surface area contributed by atoms with Crippen molar-refractivity contribution in [1.29, 1.82) is 0 Å². The molecule has 2 aromatic rings. The largest absolute Gasteiger partial charge is 0.508 e. The van der Waals surface area contributed by atoms with Crippen LogP contribution in [0.15, 0.2) is 83.6 Å². The highest BCUT2D eigenvalue weighted by atomic mass is 19.1. The van der Waals surface area contributed by atoms with Crippen molar-refractivity contribution in [2.24, 2.45) is 5.92 Å². The van der Waals surface area contributed by atoms with Crippen molar-refractivity contribution >= 4 is 6.29 Å². The third kappa shape index (κ3) is 4.37. The monoisotopic (exact) mass is 476 g/mol. The molecule has 3 aliphatic rings. The normalized spacial score (nSPS) is 24.3. The molecule has 1 saturated heterocycles. The molecule has 0 aromatic heterocycles. The first kappa shape index (κ1) is 23.3. The van der Waals surface area contributed by atoms with Crippen LogP contribution in [0.4, 0.5) is 4.39 Å². The van der Waals surface area contributed by atoms with E-state index in [1.54, 1.807) is 42.5 Å². The topological polar surface area (TPSA) is 73.2 Å². The van der Waals surface area contributed by atoms with Crippen molar-refractivity contribution < 1.29 is 24.1 Å². The van der Waals surface area contributed by atoms with Gasteiger partial charge in [0.05, 0.1) is 12.7 Å². The number of phenolic OH excluding ortho intramolecular Hbond substituents is 1. The number of hydrogen-bond acceptors (Lipinski definition) is 6. The highest BCUT2D eigenvalue weighted by molar-refractivity contribution is 5.83. The molecule has 0 amide bonds. The first-order chi connectivity index (χ1) is 16.9. The van der Waals surface area contributed by atoms with Crippen LogP contribution < -0.4 is 4.74 Å². The number of likely N-dealkylation sites (N-methyl/N-ethyl adjacent to an activating group) is 1. The van der Waals surface area contributed by atoms with Gasteiger partial charge < -0.3 is 19.8 Å². The van der Waals surface area contributed by atoms with E-state index in [0.29, 0.717) is 23.5 Å². The molecule has 2 atom stereocenters. The summed E-state index contributed by atoms with van der Waals surface area (Å²) in [5.41, 5.74) is 2.42. The van der Waals surface area contributed by atoms with Crippen molar-refractivity contribution in [2.75, 3.05) is 40.0 Å². The van der Waals surface area contributed by atoms with Crippen LogP contribution in [-0.4, -0.2) is 66.3 Å². The molecule has 1 fully saturated rings. The number of aldehydes is 1. The second-order valence-corrected chi connectivity index (χ2v) is 9.43. The van der Waals surface area contributed by atoms with Crippen molar-refractivity contribution in [3.05, 3.63) is 94.7 Å². The Kier molecular flexibility index (Phi) is 6.21. The number of fused-ring (bicyclic) bond motifs is 1. The second-order valence-electron chi connectivity index (χ2n) is 9.43. The molecule has 2 aliphatic heterocycles. The summed E-state index contributed by atoms with van der Waals surface area (Å²) in [5, 5.41) is 21.1. The van der Waals surface area contributed by atoms with Gasteiger partial charge in [0.25, 0.3) is 0 Å². The van der Waals surface area contributed by atoms with E-state index in [-0.39, 0.29) is 24.4 Å². The van der Waals surface area contributed by atoms with E-state index in [4.69, 9.17) is 4.74 Å². The molecule has 1 aliphatic carbocycles. The lowest BCUT2D eigenvalue weighted by molar-refractivity contribution is -0.105. The second kappa shape index (κ2) is 9.32. The first-order valence-corrected chi connectivity index (χ1v) is 11.8. The Morgan fingerprint density at radius 3 is 2.51 bits per heavy atom. The zero-order valence-electron chi connectivity index (χ0n) is 19.6. The summed E-state index contributed by atoms with van der Waals surface area (Å²) in [4.78, 5) is 16.2. The number of aliphatic hydroxyl groups is 1. The number of hydrogen-bond donors (Lipinski definition) is 2. The molecular formula is C28H29FN2O4. The summed E-state index contributed by atoms with van der Waals surface area (Å²) in [6.07, 6.45) is 6.14. The number of phenols is 1. The average molecular weight is 477 g/mol. The molecule has 5 rings (SSSR count). The molecule has 0 radical (unpaired) electrons. The van der Waals surface area contributed by atoms with E-state index < -0.39 is 5.60 Å².